The Labute approximate surface area is 153 Å². The fraction of sp³-hybridized carbons (Fsp3) is 0.300. The predicted molar refractivity (Wildman–Crippen MR) is 99.9 cm³/mol. The van der Waals surface area contributed by atoms with Crippen molar-refractivity contribution in [1.82, 2.24) is 5.32 Å². The molecule has 0 unspecified atom stereocenters. The molecule has 6 heteroatoms. The number of hydrogen-bond donors (Lipinski definition) is 2. The summed E-state index contributed by atoms with van der Waals surface area (Å²) in [6.07, 6.45) is 0.652. The molecular formula is C20H25NO5. The third-order valence-electron chi connectivity index (χ3n) is 3.21. The molecule has 0 aliphatic carbocycles. The van der Waals surface area contributed by atoms with Crippen molar-refractivity contribution in [2.75, 3.05) is 26.8 Å². The van der Waals surface area contributed by atoms with Crippen molar-refractivity contribution in [3.8, 4) is 11.5 Å². The van der Waals surface area contributed by atoms with Gasteiger partial charge in [-0.2, -0.15) is 0 Å². The Balaban J connectivity index is 0.000000263. The van der Waals surface area contributed by atoms with Crippen molar-refractivity contribution >= 4 is 12.3 Å². The summed E-state index contributed by atoms with van der Waals surface area (Å²) in [4.78, 5) is 20.3. The van der Waals surface area contributed by atoms with E-state index in [-0.39, 0.29) is 13.0 Å². The van der Waals surface area contributed by atoms with Crippen LogP contribution in [0.5, 0.6) is 11.5 Å². The summed E-state index contributed by atoms with van der Waals surface area (Å²) in [6, 6.07) is 14.7. The molecule has 0 saturated heterocycles. The van der Waals surface area contributed by atoms with E-state index in [0.717, 1.165) is 18.9 Å². The Morgan fingerprint density at radius 3 is 2.42 bits per heavy atom. The lowest BCUT2D eigenvalue weighted by Crippen LogP contribution is -2.15. The number of rotatable bonds is 9. The highest BCUT2D eigenvalue weighted by Crippen LogP contribution is 2.12. The zero-order valence-corrected chi connectivity index (χ0v) is 15.1. The number of carboxylic acids is 1. The van der Waals surface area contributed by atoms with Gasteiger partial charge in [0.05, 0.1) is 6.42 Å². The summed E-state index contributed by atoms with van der Waals surface area (Å²) >= 11 is 0. The third-order valence-corrected chi connectivity index (χ3v) is 3.21. The molecule has 0 spiro atoms. The predicted octanol–water partition coefficient (Wildman–Crippen LogP) is 2.48. The second-order valence-corrected chi connectivity index (χ2v) is 5.46. The zero-order chi connectivity index (χ0) is 19.2. The topological polar surface area (TPSA) is 84.9 Å². The van der Waals surface area contributed by atoms with Gasteiger partial charge in [0.2, 0.25) is 0 Å². The first-order valence-electron chi connectivity index (χ1n) is 8.26. The van der Waals surface area contributed by atoms with Crippen LogP contribution in [0, 0.1) is 6.92 Å². The zero-order valence-electron chi connectivity index (χ0n) is 15.1. The molecule has 0 aliphatic heterocycles. The first-order valence-corrected chi connectivity index (χ1v) is 8.26. The van der Waals surface area contributed by atoms with Crippen LogP contribution in [-0.4, -0.2) is 44.2 Å². The maximum Gasteiger partial charge on any atom is 0.307 e. The average molecular weight is 359 g/mol. The quantitative estimate of drug-likeness (QED) is 0.529. The highest BCUT2D eigenvalue weighted by molar-refractivity contribution is 5.70. The molecule has 0 radical (unpaired) electrons. The molecule has 2 aromatic carbocycles. The van der Waals surface area contributed by atoms with Crippen molar-refractivity contribution in [3.63, 3.8) is 0 Å². The number of carbonyl (C=O) groups excluding carboxylic acids is 1. The van der Waals surface area contributed by atoms with Crippen LogP contribution in [0.2, 0.25) is 0 Å². The number of ether oxygens (including phenoxy) is 2. The third kappa shape index (κ3) is 9.44. The number of likely N-dealkylation sites (N-methyl/N-ethyl adjacent to an activating group) is 1. The molecule has 2 aromatic rings. The van der Waals surface area contributed by atoms with Crippen molar-refractivity contribution in [2.45, 2.75) is 13.3 Å². The van der Waals surface area contributed by atoms with Gasteiger partial charge in [-0.25, -0.2) is 0 Å². The standard InChI is InChI=1S/C10H15NO.C10H10O4/c1-9-4-3-5-10(8-9)12-7-6-11-2;11-5-6-14-9-3-1-8(2-4-9)7-10(12)13/h3-5,8,11H,6-7H2,1-2H3;1-5H,6-7H2,(H,12,13). The van der Waals surface area contributed by atoms with Crippen molar-refractivity contribution < 1.29 is 24.2 Å². The van der Waals surface area contributed by atoms with Gasteiger partial charge in [-0.1, -0.05) is 24.3 Å². The lowest BCUT2D eigenvalue weighted by molar-refractivity contribution is -0.136. The Kier molecular flexibility index (Phi) is 10.2. The van der Waals surface area contributed by atoms with E-state index in [1.54, 1.807) is 24.3 Å². The molecule has 6 nitrogen and oxygen atoms in total. The van der Waals surface area contributed by atoms with Gasteiger partial charge in [0.15, 0.2) is 6.29 Å². The SMILES string of the molecule is CNCCOc1cccc(C)c1.O=CCOc1ccc(CC(=O)O)cc1. The minimum atomic E-state index is -0.869. The highest BCUT2D eigenvalue weighted by atomic mass is 16.5. The molecule has 0 atom stereocenters. The summed E-state index contributed by atoms with van der Waals surface area (Å²) in [5, 5.41) is 11.5. The number of carbonyl (C=O) groups is 2. The Hall–Kier alpha value is -2.86. The van der Waals surface area contributed by atoms with E-state index < -0.39 is 5.97 Å². The van der Waals surface area contributed by atoms with Crippen molar-refractivity contribution in [3.05, 3.63) is 59.7 Å². The molecular weight excluding hydrogens is 334 g/mol. The van der Waals surface area contributed by atoms with E-state index in [4.69, 9.17) is 14.6 Å². The van der Waals surface area contributed by atoms with Gasteiger partial charge in [0.1, 0.15) is 24.7 Å². The normalized spacial score (nSPS) is 9.62. The van der Waals surface area contributed by atoms with Crippen LogP contribution in [0.3, 0.4) is 0 Å². The fourth-order valence-corrected chi connectivity index (χ4v) is 1.98. The van der Waals surface area contributed by atoms with Crippen LogP contribution < -0.4 is 14.8 Å². The minimum absolute atomic E-state index is 0.00599. The molecule has 140 valence electrons. The number of hydrogen-bond acceptors (Lipinski definition) is 5. The molecule has 2 N–H and O–H groups in total. The van der Waals surface area contributed by atoms with Crippen molar-refractivity contribution in [2.24, 2.45) is 0 Å². The van der Waals surface area contributed by atoms with E-state index in [9.17, 15) is 9.59 Å². The molecule has 26 heavy (non-hydrogen) atoms. The Bertz CT molecular complexity index is 670. The highest BCUT2D eigenvalue weighted by Gasteiger charge is 2.00. The molecule has 2 rings (SSSR count). The number of aldehydes is 1. The summed E-state index contributed by atoms with van der Waals surface area (Å²) < 4.78 is 10.5. The van der Waals surface area contributed by atoms with Gasteiger partial charge in [0, 0.05) is 6.54 Å². The van der Waals surface area contributed by atoms with E-state index in [1.807, 2.05) is 25.2 Å². The number of aliphatic carboxylic acids is 1. The Morgan fingerprint density at radius 1 is 1.12 bits per heavy atom. The molecule has 0 aliphatic rings. The second-order valence-electron chi connectivity index (χ2n) is 5.46. The monoisotopic (exact) mass is 359 g/mol. The number of carboxylic acid groups (broad SMARTS) is 1. The number of benzene rings is 2. The molecule has 0 fully saturated rings. The first-order chi connectivity index (χ1) is 12.5. The minimum Gasteiger partial charge on any atom is -0.492 e. The van der Waals surface area contributed by atoms with Gasteiger partial charge < -0.3 is 19.9 Å². The molecule has 0 bridgehead atoms. The average Bonchev–Trinajstić information content (AvgIpc) is 2.62. The van der Waals surface area contributed by atoms with Gasteiger partial charge in [-0.05, 0) is 49.4 Å². The largest absolute Gasteiger partial charge is 0.492 e. The lowest BCUT2D eigenvalue weighted by Gasteiger charge is -2.05. The van der Waals surface area contributed by atoms with Crippen LogP contribution in [-0.2, 0) is 16.0 Å². The molecule has 0 amide bonds. The Morgan fingerprint density at radius 2 is 1.85 bits per heavy atom. The van der Waals surface area contributed by atoms with Crippen molar-refractivity contribution in [1.29, 1.82) is 0 Å². The van der Waals surface area contributed by atoms with E-state index >= 15 is 0 Å². The number of aryl methyl sites for hydroxylation is 1. The second kappa shape index (κ2) is 12.5. The van der Waals surface area contributed by atoms with E-state index in [2.05, 4.69) is 18.3 Å². The summed E-state index contributed by atoms with van der Waals surface area (Å²) in [5.41, 5.74) is 1.94. The maximum atomic E-state index is 10.3. The summed E-state index contributed by atoms with van der Waals surface area (Å²) in [5.74, 6) is 0.642. The first kappa shape index (κ1) is 21.2. The molecule has 0 aromatic heterocycles. The van der Waals surface area contributed by atoms with Crippen LogP contribution in [0.15, 0.2) is 48.5 Å². The van der Waals surface area contributed by atoms with E-state index in [0.29, 0.717) is 17.6 Å². The van der Waals surface area contributed by atoms with Gasteiger partial charge >= 0.3 is 5.97 Å². The smallest absolute Gasteiger partial charge is 0.307 e. The van der Waals surface area contributed by atoms with Crippen LogP contribution in [0.1, 0.15) is 11.1 Å². The van der Waals surface area contributed by atoms with Gasteiger partial charge in [-0.3, -0.25) is 9.59 Å². The molecule has 0 heterocycles. The lowest BCUT2D eigenvalue weighted by atomic mass is 10.1. The van der Waals surface area contributed by atoms with Gasteiger partial charge in [0.25, 0.3) is 0 Å². The van der Waals surface area contributed by atoms with Crippen LogP contribution in [0.25, 0.3) is 0 Å². The summed E-state index contributed by atoms with van der Waals surface area (Å²) in [7, 11) is 1.92. The van der Waals surface area contributed by atoms with E-state index in [1.165, 1.54) is 5.56 Å². The van der Waals surface area contributed by atoms with Crippen LogP contribution >= 0.6 is 0 Å². The molecule has 0 saturated carbocycles. The number of nitrogens with one attached hydrogen (secondary N) is 1. The summed E-state index contributed by atoms with van der Waals surface area (Å²) in [6.45, 7) is 3.68. The van der Waals surface area contributed by atoms with Crippen LogP contribution in [0.4, 0.5) is 0 Å². The maximum absolute atomic E-state index is 10.3. The van der Waals surface area contributed by atoms with Gasteiger partial charge in [-0.15, -0.1) is 0 Å². The fourth-order valence-electron chi connectivity index (χ4n) is 1.98.